The highest BCUT2D eigenvalue weighted by molar-refractivity contribution is 5.37. The van der Waals surface area contributed by atoms with Crippen LogP contribution in [0.4, 0.5) is 13.2 Å². The minimum absolute atomic E-state index is 0.109. The molecule has 0 aromatic heterocycles. The van der Waals surface area contributed by atoms with Crippen LogP contribution in [-0.2, 0) is 5.60 Å². The normalized spacial score (nSPS) is 15.7. The zero-order chi connectivity index (χ0) is 24.7. The Kier molecular flexibility index (Phi) is 7.98. The van der Waals surface area contributed by atoms with Gasteiger partial charge in [-0.2, -0.15) is 0 Å². The van der Waals surface area contributed by atoms with E-state index in [2.05, 4.69) is 9.64 Å². The summed E-state index contributed by atoms with van der Waals surface area (Å²) in [6.45, 7) is 3.10. The van der Waals surface area contributed by atoms with Gasteiger partial charge in [-0.1, -0.05) is 60.7 Å². The van der Waals surface area contributed by atoms with E-state index in [0.29, 0.717) is 12.4 Å². The summed E-state index contributed by atoms with van der Waals surface area (Å²) in [4.78, 5) is 2.37. The highest BCUT2D eigenvalue weighted by Crippen LogP contribution is 2.41. The summed E-state index contributed by atoms with van der Waals surface area (Å²) in [5.41, 5.74) is 0.814. The number of halogens is 3. The number of alkyl halides is 3. The van der Waals surface area contributed by atoms with Crippen molar-refractivity contribution in [2.45, 2.75) is 31.2 Å². The number of aliphatic hydroxyl groups is 1. The molecule has 1 heterocycles. The Morgan fingerprint density at radius 2 is 1.29 bits per heavy atom. The predicted molar refractivity (Wildman–Crippen MR) is 128 cm³/mol. The van der Waals surface area contributed by atoms with Gasteiger partial charge in [0.15, 0.2) is 0 Å². The quantitative estimate of drug-likeness (QED) is 0.378. The smallest absolute Gasteiger partial charge is 0.494 e. The SMILES string of the molecule is OC(c1ccccc1)(c1ccccc1)C1CCN(CCCOc2ccc(OC(F)(F)F)cc2)CC1. The Balaban J connectivity index is 1.27. The van der Waals surface area contributed by atoms with E-state index in [4.69, 9.17) is 4.74 Å². The molecule has 0 unspecified atom stereocenters. The number of likely N-dealkylation sites (tertiary alicyclic amines) is 1. The maximum atomic E-state index is 12.3. The van der Waals surface area contributed by atoms with Gasteiger partial charge in [0.1, 0.15) is 17.1 Å². The van der Waals surface area contributed by atoms with Crippen LogP contribution in [0.1, 0.15) is 30.4 Å². The molecule has 0 atom stereocenters. The fourth-order valence-electron chi connectivity index (χ4n) is 4.81. The van der Waals surface area contributed by atoms with E-state index in [9.17, 15) is 18.3 Å². The first-order chi connectivity index (χ1) is 16.8. The number of nitrogens with zero attached hydrogens (tertiary/aromatic N) is 1. The van der Waals surface area contributed by atoms with Crippen molar-refractivity contribution in [1.82, 2.24) is 4.90 Å². The van der Waals surface area contributed by atoms with Crippen molar-refractivity contribution in [1.29, 1.82) is 0 Å². The lowest BCUT2D eigenvalue weighted by Crippen LogP contribution is -2.44. The molecule has 7 heteroatoms. The number of benzene rings is 3. The van der Waals surface area contributed by atoms with Crippen LogP contribution in [0, 0.1) is 5.92 Å². The Labute approximate surface area is 203 Å². The summed E-state index contributed by atoms with van der Waals surface area (Å²) in [6, 6.07) is 25.2. The van der Waals surface area contributed by atoms with Crippen LogP contribution in [-0.4, -0.2) is 42.6 Å². The van der Waals surface area contributed by atoms with Crippen molar-refractivity contribution in [3.8, 4) is 11.5 Å². The molecule has 3 aromatic carbocycles. The molecule has 1 fully saturated rings. The molecule has 35 heavy (non-hydrogen) atoms. The topological polar surface area (TPSA) is 41.9 Å². The molecule has 0 aliphatic carbocycles. The van der Waals surface area contributed by atoms with Gasteiger partial charge in [-0.3, -0.25) is 0 Å². The summed E-state index contributed by atoms with van der Waals surface area (Å²) in [5.74, 6) is 0.352. The molecule has 3 aromatic rings. The average Bonchev–Trinajstić information content (AvgIpc) is 2.87. The highest BCUT2D eigenvalue weighted by atomic mass is 19.4. The Morgan fingerprint density at radius 1 is 0.771 bits per heavy atom. The van der Waals surface area contributed by atoms with Crippen LogP contribution < -0.4 is 9.47 Å². The summed E-state index contributed by atoms with van der Waals surface area (Å²) in [5, 5.41) is 12.0. The van der Waals surface area contributed by atoms with Crippen LogP contribution >= 0.6 is 0 Å². The van der Waals surface area contributed by atoms with Gasteiger partial charge >= 0.3 is 6.36 Å². The molecule has 1 saturated heterocycles. The third-order valence-corrected chi connectivity index (χ3v) is 6.55. The first-order valence-electron chi connectivity index (χ1n) is 11.9. The van der Waals surface area contributed by atoms with Crippen molar-refractivity contribution in [3.05, 3.63) is 96.1 Å². The van der Waals surface area contributed by atoms with Gasteiger partial charge in [-0.15, -0.1) is 13.2 Å². The van der Waals surface area contributed by atoms with Crippen LogP contribution in [0.5, 0.6) is 11.5 Å². The molecular weight excluding hydrogens is 455 g/mol. The zero-order valence-electron chi connectivity index (χ0n) is 19.5. The number of ether oxygens (including phenoxy) is 2. The van der Waals surface area contributed by atoms with Crippen molar-refractivity contribution in [2.24, 2.45) is 5.92 Å². The maximum absolute atomic E-state index is 12.3. The van der Waals surface area contributed by atoms with Crippen molar-refractivity contribution < 1.29 is 27.8 Å². The molecule has 0 radical (unpaired) electrons. The van der Waals surface area contributed by atoms with Gasteiger partial charge in [0.25, 0.3) is 0 Å². The van der Waals surface area contributed by atoms with Crippen LogP contribution in [0.2, 0.25) is 0 Å². The standard InChI is InChI=1S/C28H30F3NO3/c29-28(30,31)35-26-14-12-25(13-15-26)34-21-7-18-32-19-16-24(17-20-32)27(33,22-8-3-1-4-9-22)23-10-5-2-6-11-23/h1-6,8-15,24,33H,7,16-21H2. The van der Waals surface area contributed by atoms with E-state index in [0.717, 1.165) is 50.0 Å². The molecule has 1 aliphatic heterocycles. The highest BCUT2D eigenvalue weighted by Gasteiger charge is 2.41. The van der Waals surface area contributed by atoms with Crippen LogP contribution in [0.15, 0.2) is 84.9 Å². The number of hydrogen-bond donors (Lipinski definition) is 1. The summed E-state index contributed by atoms with van der Waals surface area (Å²) >= 11 is 0. The summed E-state index contributed by atoms with van der Waals surface area (Å²) in [7, 11) is 0. The summed E-state index contributed by atoms with van der Waals surface area (Å²) in [6.07, 6.45) is -2.15. The molecule has 0 amide bonds. The molecule has 1 aliphatic rings. The molecule has 0 bridgehead atoms. The second-order valence-corrected chi connectivity index (χ2v) is 8.84. The number of piperidine rings is 1. The average molecular weight is 486 g/mol. The Hall–Kier alpha value is -3.03. The Bertz CT molecular complexity index is 995. The molecule has 4 nitrogen and oxygen atoms in total. The lowest BCUT2D eigenvalue weighted by molar-refractivity contribution is -0.274. The third kappa shape index (κ3) is 6.55. The third-order valence-electron chi connectivity index (χ3n) is 6.55. The molecule has 0 spiro atoms. The van der Waals surface area contributed by atoms with Gasteiger partial charge < -0.3 is 19.5 Å². The van der Waals surface area contributed by atoms with Crippen LogP contribution in [0.3, 0.4) is 0 Å². The van der Waals surface area contributed by atoms with Gasteiger partial charge in [0, 0.05) is 6.54 Å². The second-order valence-electron chi connectivity index (χ2n) is 8.84. The second kappa shape index (κ2) is 11.1. The fourth-order valence-corrected chi connectivity index (χ4v) is 4.81. The van der Waals surface area contributed by atoms with Gasteiger partial charge in [0.05, 0.1) is 6.61 Å². The van der Waals surface area contributed by atoms with Gasteiger partial charge in [-0.25, -0.2) is 0 Å². The monoisotopic (exact) mass is 485 g/mol. The van der Waals surface area contributed by atoms with Crippen molar-refractivity contribution in [3.63, 3.8) is 0 Å². The maximum Gasteiger partial charge on any atom is 0.573 e. The van der Waals surface area contributed by atoms with Crippen LogP contribution in [0.25, 0.3) is 0 Å². The fraction of sp³-hybridized carbons (Fsp3) is 0.357. The zero-order valence-corrected chi connectivity index (χ0v) is 19.5. The lowest BCUT2D eigenvalue weighted by atomic mass is 9.72. The minimum atomic E-state index is -4.70. The van der Waals surface area contributed by atoms with Gasteiger partial charge in [-0.05, 0) is 73.7 Å². The summed E-state index contributed by atoms with van der Waals surface area (Å²) < 4.78 is 46.3. The Morgan fingerprint density at radius 3 is 1.80 bits per heavy atom. The largest absolute Gasteiger partial charge is 0.573 e. The van der Waals surface area contributed by atoms with E-state index in [1.807, 2.05) is 60.7 Å². The molecule has 0 saturated carbocycles. The lowest BCUT2D eigenvalue weighted by Gasteiger charge is -2.42. The first-order valence-corrected chi connectivity index (χ1v) is 11.9. The number of rotatable bonds is 9. The molecular formula is C28H30F3NO3. The van der Waals surface area contributed by atoms with E-state index >= 15 is 0 Å². The van der Waals surface area contributed by atoms with E-state index < -0.39 is 12.0 Å². The van der Waals surface area contributed by atoms with Crippen molar-refractivity contribution >= 4 is 0 Å². The minimum Gasteiger partial charge on any atom is -0.494 e. The molecule has 186 valence electrons. The van der Waals surface area contributed by atoms with Crippen molar-refractivity contribution in [2.75, 3.05) is 26.2 Å². The van der Waals surface area contributed by atoms with E-state index in [-0.39, 0.29) is 11.7 Å². The van der Waals surface area contributed by atoms with E-state index in [1.165, 1.54) is 24.3 Å². The molecule has 1 N–H and O–H groups in total. The molecule has 4 rings (SSSR count). The number of hydrogen-bond acceptors (Lipinski definition) is 4. The van der Waals surface area contributed by atoms with E-state index in [1.54, 1.807) is 0 Å². The predicted octanol–water partition coefficient (Wildman–Crippen LogP) is 6.00. The van der Waals surface area contributed by atoms with Gasteiger partial charge in [0.2, 0.25) is 0 Å². The first kappa shape index (κ1) is 25.1.